The molecule has 0 aliphatic heterocycles. The van der Waals surface area contributed by atoms with Gasteiger partial charge in [-0.1, -0.05) is 154 Å². The highest BCUT2D eigenvalue weighted by molar-refractivity contribution is 4.82. The van der Waals surface area contributed by atoms with Crippen LogP contribution in [0.25, 0.3) is 0 Å². The average Bonchev–Trinajstić information content (AvgIpc) is 2.95. The summed E-state index contributed by atoms with van der Waals surface area (Å²) < 4.78 is 0. The molecular weight excluding hydrogens is 486 g/mol. The van der Waals surface area contributed by atoms with E-state index in [2.05, 4.69) is 43.1 Å². The van der Waals surface area contributed by atoms with E-state index < -0.39 is 0 Å². The van der Waals surface area contributed by atoms with E-state index >= 15 is 0 Å². The monoisotopic (exact) mass is 562 g/mol. The van der Waals surface area contributed by atoms with Crippen molar-refractivity contribution < 1.29 is 5.11 Å². The second-order valence-electron chi connectivity index (χ2n) is 12.5. The van der Waals surface area contributed by atoms with E-state index in [1.165, 1.54) is 180 Å². The quantitative estimate of drug-likeness (QED) is 0.0489. The minimum Gasteiger partial charge on any atom is -0.379 e. The van der Waals surface area contributed by atoms with Crippen LogP contribution >= 0.6 is 0 Å². The van der Waals surface area contributed by atoms with Gasteiger partial charge in [0.15, 0.2) is 0 Å². The molecule has 1 atom stereocenters. The van der Waals surface area contributed by atoms with Crippen LogP contribution in [-0.2, 0) is 0 Å². The molecule has 0 spiro atoms. The fourth-order valence-electron chi connectivity index (χ4n) is 5.61. The molecule has 0 fully saturated rings. The number of hydrogen-bond acceptors (Lipinski definition) is 2. The number of allylic oxidation sites excluding steroid dienone is 4. The van der Waals surface area contributed by atoms with Crippen LogP contribution in [0.3, 0.4) is 0 Å². The van der Waals surface area contributed by atoms with Gasteiger partial charge < -0.3 is 5.11 Å². The molecule has 0 heterocycles. The summed E-state index contributed by atoms with van der Waals surface area (Å²) in [5.41, 5.74) is 0. The van der Waals surface area contributed by atoms with Crippen LogP contribution in [0.5, 0.6) is 0 Å². The number of aliphatic hydroxyl groups is 1. The summed E-state index contributed by atoms with van der Waals surface area (Å²) in [6, 6.07) is 0. The van der Waals surface area contributed by atoms with Crippen molar-refractivity contribution in [1.82, 2.24) is 4.90 Å². The Labute approximate surface area is 253 Å². The lowest BCUT2D eigenvalue weighted by Crippen LogP contribution is -2.34. The van der Waals surface area contributed by atoms with Crippen LogP contribution in [0, 0.1) is 0 Å². The molecule has 0 aromatic rings. The average molecular weight is 562 g/mol. The summed E-state index contributed by atoms with van der Waals surface area (Å²) in [4.78, 5) is 2.29. The van der Waals surface area contributed by atoms with Crippen molar-refractivity contribution in [3.8, 4) is 0 Å². The van der Waals surface area contributed by atoms with Crippen LogP contribution in [0.4, 0.5) is 0 Å². The van der Waals surface area contributed by atoms with Gasteiger partial charge in [0.25, 0.3) is 0 Å². The van der Waals surface area contributed by atoms with Gasteiger partial charge in [0, 0.05) is 13.1 Å². The van der Waals surface area contributed by atoms with Crippen molar-refractivity contribution in [2.45, 2.75) is 207 Å². The van der Waals surface area contributed by atoms with E-state index in [0.717, 1.165) is 13.1 Å². The van der Waals surface area contributed by atoms with Gasteiger partial charge in [-0.15, -0.1) is 0 Å². The summed E-state index contributed by atoms with van der Waals surface area (Å²) in [6.45, 7) is 8.64. The summed E-state index contributed by atoms with van der Waals surface area (Å²) in [5.74, 6) is 0. The third-order valence-electron chi connectivity index (χ3n) is 8.44. The highest BCUT2D eigenvalue weighted by atomic mass is 16.3. The number of nitrogens with zero attached hydrogens (tertiary/aromatic N) is 1. The van der Waals surface area contributed by atoms with Crippen LogP contribution in [0.15, 0.2) is 24.3 Å². The second kappa shape index (κ2) is 34.6. The smallest absolute Gasteiger partial charge is 0.104 e. The summed E-state index contributed by atoms with van der Waals surface area (Å²) in [6.07, 6.45) is 47.2. The SMILES string of the molecule is CCCCCCCC/C=C\CCCCCCCCN(CCCCCCCC/C=C\CCCCCCCC)C(C)O. The van der Waals surface area contributed by atoms with Gasteiger partial charge in [0.05, 0.1) is 0 Å². The Hall–Kier alpha value is -0.600. The van der Waals surface area contributed by atoms with Crippen molar-refractivity contribution >= 4 is 0 Å². The molecule has 0 amide bonds. The summed E-state index contributed by atoms with van der Waals surface area (Å²) >= 11 is 0. The van der Waals surface area contributed by atoms with Gasteiger partial charge in [0.2, 0.25) is 0 Å². The molecule has 1 N–H and O–H groups in total. The second-order valence-corrected chi connectivity index (χ2v) is 12.5. The molecule has 1 unspecified atom stereocenters. The third kappa shape index (κ3) is 31.9. The molecule has 0 saturated carbocycles. The molecule has 0 aliphatic rings. The van der Waals surface area contributed by atoms with Gasteiger partial charge >= 0.3 is 0 Å². The lowest BCUT2D eigenvalue weighted by Gasteiger charge is -2.25. The zero-order valence-electron chi connectivity index (χ0n) is 28.0. The predicted octanol–water partition coefficient (Wildman–Crippen LogP) is 12.7. The fraction of sp³-hybridized carbons (Fsp3) is 0.895. The number of unbranched alkanes of at least 4 members (excludes halogenated alkanes) is 24. The topological polar surface area (TPSA) is 23.5 Å². The first-order valence-corrected chi connectivity index (χ1v) is 18.4. The van der Waals surface area contributed by atoms with Gasteiger partial charge in [0.1, 0.15) is 6.23 Å². The Kier molecular flexibility index (Phi) is 34.1. The number of hydrogen-bond donors (Lipinski definition) is 1. The molecule has 2 nitrogen and oxygen atoms in total. The van der Waals surface area contributed by atoms with Crippen molar-refractivity contribution in [1.29, 1.82) is 0 Å². The molecule has 0 bridgehead atoms. The highest BCUT2D eigenvalue weighted by Gasteiger charge is 2.09. The Morgan fingerprint density at radius 1 is 0.400 bits per heavy atom. The minimum atomic E-state index is -0.300. The molecule has 238 valence electrons. The molecule has 0 radical (unpaired) electrons. The van der Waals surface area contributed by atoms with E-state index in [1.54, 1.807) is 0 Å². The minimum absolute atomic E-state index is 0.300. The zero-order valence-corrected chi connectivity index (χ0v) is 28.0. The van der Waals surface area contributed by atoms with Crippen molar-refractivity contribution in [2.75, 3.05) is 13.1 Å². The van der Waals surface area contributed by atoms with E-state index in [9.17, 15) is 5.11 Å². The summed E-state index contributed by atoms with van der Waals surface area (Å²) in [7, 11) is 0. The van der Waals surface area contributed by atoms with E-state index in [1.807, 2.05) is 6.92 Å². The third-order valence-corrected chi connectivity index (χ3v) is 8.44. The fourth-order valence-corrected chi connectivity index (χ4v) is 5.61. The van der Waals surface area contributed by atoms with E-state index in [-0.39, 0.29) is 6.23 Å². The maximum atomic E-state index is 10.2. The molecule has 2 heteroatoms. The maximum absolute atomic E-state index is 10.2. The molecule has 0 aromatic carbocycles. The van der Waals surface area contributed by atoms with Gasteiger partial charge in [-0.05, 0) is 71.1 Å². The predicted molar refractivity (Wildman–Crippen MR) is 182 cm³/mol. The van der Waals surface area contributed by atoms with Gasteiger partial charge in [-0.2, -0.15) is 0 Å². The summed E-state index contributed by atoms with van der Waals surface area (Å²) in [5, 5.41) is 10.2. The highest BCUT2D eigenvalue weighted by Crippen LogP contribution is 2.13. The van der Waals surface area contributed by atoms with Crippen molar-refractivity contribution in [2.24, 2.45) is 0 Å². The van der Waals surface area contributed by atoms with E-state index in [0.29, 0.717) is 0 Å². The Balaban J connectivity index is 3.46. The normalized spacial score (nSPS) is 12.9. The first kappa shape index (κ1) is 39.4. The Bertz CT molecular complexity index is 470. The van der Waals surface area contributed by atoms with Crippen molar-refractivity contribution in [3.05, 3.63) is 24.3 Å². The molecule has 0 aromatic heterocycles. The number of rotatable bonds is 33. The van der Waals surface area contributed by atoms with Gasteiger partial charge in [-0.25, -0.2) is 0 Å². The van der Waals surface area contributed by atoms with Crippen LogP contribution in [0.1, 0.15) is 201 Å². The lowest BCUT2D eigenvalue weighted by atomic mass is 10.1. The van der Waals surface area contributed by atoms with Crippen molar-refractivity contribution in [3.63, 3.8) is 0 Å². The molecular formula is C38H75NO. The first-order chi connectivity index (χ1) is 19.7. The van der Waals surface area contributed by atoms with E-state index in [4.69, 9.17) is 0 Å². The Morgan fingerprint density at radius 2 is 0.650 bits per heavy atom. The maximum Gasteiger partial charge on any atom is 0.104 e. The van der Waals surface area contributed by atoms with Crippen LogP contribution in [-0.4, -0.2) is 29.3 Å². The molecule has 0 rings (SSSR count). The largest absolute Gasteiger partial charge is 0.379 e. The lowest BCUT2D eigenvalue weighted by molar-refractivity contribution is 0.0163. The van der Waals surface area contributed by atoms with Gasteiger partial charge in [-0.3, -0.25) is 4.90 Å². The van der Waals surface area contributed by atoms with Crippen LogP contribution < -0.4 is 0 Å². The molecule has 0 saturated heterocycles. The molecule has 40 heavy (non-hydrogen) atoms. The van der Waals surface area contributed by atoms with Crippen LogP contribution in [0.2, 0.25) is 0 Å². The first-order valence-electron chi connectivity index (χ1n) is 18.4. The standard InChI is InChI=1S/C38H75NO/c1-4-6-8-10-12-14-16-18-20-22-24-26-28-30-32-34-36-39(38(3)40)37-35-33-31-29-27-25-23-21-19-17-15-13-11-9-7-5-2/h18-21,38,40H,4-17,22-37H2,1-3H3/b20-18-,21-19-. The molecule has 0 aliphatic carbocycles. The zero-order chi connectivity index (χ0) is 29.2. The Morgan fingerprint density at radius 3 is 0.925 bits per heavy atom. The number of aliphatic hydroxyl groups excluding tert-OH is 1.